The largest absolute Gasteiger partial charge is 0.493 e. The van der Waals surface area contributed by atoms with E-state index in [1.165, 1.54) is 11.1 Å². The van der Waals surface area contributed by atoms with Gasteiger partial charge in [0.25, 0.3) is 5.91 Å². The topological polar surface area (TPSA) is 63.7 Å². The quantitative estimate of drug-likeness (QED) is 0.717. The standard InChI is InChI=1S/C23H23N3O3/c1-28-21-12-16-10-11-26(15-17(16)13-22(21)29-2)19-8-9-20(24-14-19)23(27)25-18-6-4-3-5-7-18/h3-9,12-14H,10-11,15H2,1-2H3,(H,25,27). The van der Waals surface area contributed by atoms with Gasteiger partial charge in [0.15, 0.2) is 11.5 Å². The highest BCUT2D eigenvalue weighted by Gasteiger charge is 2.20. The summed E-state index contributed by atoms with van der Waals surface area (Å²) >= 11 is 0. The van der Waals surface area contributed by atoms with Crippen LogP contribution in [0.5, 0.6) is 11.5 Å². The summed E-state index contributed by atoms with van der Waals surface area (Å²) in [4.78, 5) is 19.0. The molecule has 148 valence electrons. The van der Waals surface area contributed by atoms with Gasteiger partial charge in [-0.1, -0.05) is 18.2 Å². The van der Waals surface area contributed by atoms with Crippen LogP contribution in [0.3, 0.4) is 0 Å². The van der Waals surface area contributed by atoms with Crippen LogP contribution in [-0.2, 0) is 13.0 Å². The number of hydrogen-bond donors (Lipinski definition) is 1. The molecule has 0 unspecified atom stereocenters. The van der Waals surface area contributed by atoms with Crippen molar-refractivity contribution in [3.8, 4) is 11.5 Å². The molecule has 0 atom stereocenters. The summed E-state index contributed by atoms with van der Waals surface area (Å²) in [5, 5.41) is 2.85. The zero-order valence-corrected chi connectivity index (χ0v) is 16.5. The Balaban J connectivity index is 1.48. The van der Waals surface area contributed by atoms with Crippen LogP contribution < -0.4 is 19.7 Å². The van der Waals surface area contributed by atoms with Gasteiger partial charge in [-0.3, -0.25) is 4.79 Å². The molecule has 0 saturated heterocycles. The Kier molecular flexibility index (Phi) is 5.33. The SMILES string of the molecule is COc1cc2c(cc1OC)CN(c1ccc(C(=O)Nc3ccccc3)nc1)CC2. The van der Waals surface area contributed by atoms with Gasteiger partial charge in [-0.15, -0.1) is 0 Å². The second kappa shape index (κ2) is 8.22. The van der Waals surface area contributed by atoms with Crippen molar-refractivity contribution in [1.29, 1.82) is 0 Å². The number of para-hydroxylation sites is 1. The van der Waals surface area contributed by atoms with Crippen molar-refractivity contribution in [2.24, 2.45) is 0 Å². The number of ether oxygens (including phenoxy) is 2. The number of aromatic nitrogens is 1. The third-order valence-electron chi connectivity index (χ3n) is 5.10. The number of methoxy groups -OCH3 is 2. The molecule has 6 heteroatoms. The number of carbonyl (C=O) groups excluding carboxylic acids is 1. The first-order valence-electron chi connectivity index (χ1n) is 9.49. The lowest BCUT2D eigenvalue weighted by atomic mass is 9.98. The first-order chi connectivity index (χ1) is 14.2. The number of amides is 1. The molecule has 1 aromatic heterocycles. The van der Waals surface area contributed by atoms with Gasteiger partial charge in [0.05, 0.1) is 26.1 Å². The van der Waals surface area contributed by atoms with Crippen molar-refractivity contribution in [3.05, 3.63) is 77.6 Å². The minimum absolute atomic E-state index is 0.219. The molecule has 1 N–H and O–H groups in total. The maximum absolute atomic E-state index is 12.4. The van der Waals surface area contributed by atoms with Crippen LogP contribution in [0.25, 0.3) is 0 Å². The molecule has 3 aromatic rings. The predicted octanol–water partition coefficient (Wildman–Crippen LogP) is 3.91. The molecule has 1 aliphatic heterocycles. The van der Waals surface area contributed by atoms with Crippen molar-refractivity contribution in [1.82, 2.24) is 4.98 Å². The molecule has 4 rings (SSSR count). The summed E-state index contributed by atoms with van der Waals surface area (Å²) in [6.45, 7) is 1.63. The minimum Gasteiger partial charge on any atom is -0.493 e. The summed E-state index contributed by atoms with van der Waals surface area (Å²) in [5.74, 6) is 1.28. The molecule has 0 fully saturated rings. The van der Waals surface area contributed by atoms with Crippen LogP contribution >= 0.6 is 0 Å². The summed E-state index contributed by atoms with van der Waals surface area (Å²) in [6.07, 6.45) is 2.66. The Morgan fingerprint density at radius 2 is 1.72 bits per heavy atom. The Hall–Kier alpha value is -3.54. The lowest BCUT2D eigenvalue weighted by molar-refractivity contribution is 0.102. The Labute approximate surface area is 170 Å². The number of carbonyl (C=O) groups is 1. The molecule has 6 nitrogen and oxygen atoms in total. The van der Waals surface area contributed by atoms with Gasteiger partial charge >= 0.3 is 0 Å². The van der Waals surface area contributed by atoms with E-state index in [1.54, 1.807) is 26.5 Å². The molecule has 0 bridgehead atoms. The molecule has 1 aliphatic rings. The summed E-state index contributed by atoms with van der Waals surface area (Å²) in [5.41, 5.74) is 4.61. The Morgan fingerprint density at radius 3 is 2.38 bits per heavy atom. The number of nitrogens with zero attached hydrogens (tertiary/aromatic N) is 2. The highest BCUT2D eigenvalue weighted by atomic mass is 16.5. The predicted molar refractivity (Wildman–Crippen MR) is 113 cm³/mol. The van der Waals surface area contributed by atoms with Crippen molar-refractivity contribution < 1.29 is 14.3 Å². The van der Waals surface area contributed by atoms with Crippen LogP contribution in [-0.4, -0.2) is 31.7 Å². The first kappa shape index (κ1) is 18.8. The van der Waals surface area contributed by atoms with E-state index in [0.29, 0.717) is 5.69 Å². The molecule has 1 amide bonds. The van der Waals surface area contributed by atoms with E-state index in [1.807, 2.05) is 42.5 Å². The fourth-order valence-electron chi connectivity index (χ4n) is 3.53. The van der Waals surface area contributed by atoms with Crippen molar-refractivity contribution in [2.45, 2.75) is 13.0 Å². The number of rotatable bonds is 5. The smallest absolute Gasteiger partial charge is 0.274 e. The molecular formula is C23H23N3O3. The van der Waals surface area contributed by atoms with Crippen LogP contribution in [0.2, 0.25) is 0 Å². The molecule has 0 radical (unpaired) electrons. The average molecular weight is 389 g/mol. The normalized spacial score (nSPS) is 12.8. The molecular weight excluding hydrogens is 366 g/mol. The van der Waals surface area contributed by atoms with E-state index in [0.717, 1.165) is 42.4 Å². The Morgan fingerprint density at radius 1 is 1.00 bits per heavy atom. The van der Waals surface area contributed by atoms with Gasteiger partial charge in [-0.25, -0.2) is 4.98 Å². The van der Waals surface area contributed by atoms with Gasteiger partial charge in [0, 0.05) is 18.8 Å². The molecule has 2 aromatic carbocycles. The summed E-state index contributed by atoms with van der Waals surface area (Å²) in [6, 6.07) is 17.2. The molecule has 0 aliphatic carbocycles. The van der Waals surface area contributed by atoms with E-state index in [4.69, 9.17) is 9.47 Å². The van der Waals surface area contributed by atoms with Crippen LogP contribution in [0.1, 0.15) is 21.6 Å². The average Bonchev–Trinajstić information content (AvgIpc) is 2.78. The zero-order chi connectivity index (χ0) is 20.2. The maximum Gasteiger partial charge on any atom is 0.274 e. The number of fused-ring (bicyclic) bond motifs is 1. The lowest BCUT2D eigenvalue weighted by Gasteiger charge is -2.31. The molecule has 2 heterocycles. The zero-order valence-electron chi connectivity index (χ0n) is 16.5. The second-order valence-electron chi connectivity index (χ2n) is 6.87. The van der Waals surface area contributed by atoms with E-state index < -0.39 is 0 Å². The maximum atomic E-state index is 12.4. The van der Waals surface area contributed by atoms with Crippen LogP contribution in [0.15, 0.2) is 60.8 Å². The van der Waals surface area contributed by atoms with Gasteiger partial charge in [-0.05, 0) is 53.9 Å². The fourth-order valence-corrected chi connectivity index (χ4v) is 3.53. The number of hydrogen-bond acceptors (Lipinski definition) is 5. The third kappa shape index (κ3) is 4.01. The number of nitrogens with one attached hydrogen (secondary N) is 1. The number of benzene rings is 2. The first-order valence-corrected chi connectivity index (χ1v) is 9.49. The van der Waals surface area contributed by atoms with Crippen LogP contribution in [0.4, 0.5) is 11.4 Å². The fraction of sp³-hybridized carbons (Fsp3) is 0.217. The van der Waals surface area contributed by atoms with Crippen LogP contribution in [0, 0.1) is 0 Å². The minimum atomic E-state index is -0.219. The van der Waals surface area contributed by atoms with E-state index in [2.05, 4.69) is 21.3 Å². The third-order valence-corrected chi connectivity index (χ3v) is 5.10. The molecule has 0 saturated carbocycles. The number of pyridine rings is 1. The van der Waals surface area contributed by atoms with Crippen molar-refractivity contribution >= 4 is 17.3 Å². The van der Waals surface area contributed by atoms with E-state index >= 15 is 0 Å². The van der Waals surface area contributed by atoms with Gasteiger partial charge in [0.1, 0.15) is 5.69 Å². The highest BCUT2D eigenvalue weighted by Crippen LogP contribution is 2.34. The second-order valence-corrected chi connectivity index (χ2v) is 6.87. The van der Waals surface area contributed by atoms with Crippen molar-refractivity contribution in [2.75, 3.05) is 31.0 Å². The Bertz CT molecular complexity index is 1000. The van der Waals surface area contributed by atoms with E-state index in [-0.39, 0.29) is 5.91 Å². The van der Waals surface area contributed by atoms with Gasteiger partial charge < -0.3 is 19.7 Å². The summed E-state index contributed by atoms with van der Waals surface area (Å²) in [7, 11) is 3.30. The van der Waals surface area contributed by atoms with E-state index in [9.17, 15) is 4.79 Å². The molecule has 0 spiro atoms. The monoisotopic (exact) mass is 389 g/mol. The molecule has 29 heavy (non-hydrogen) atoms. The van der Waals surface area contributed by atoms with Gasteiger partial charge in [-0.2, -0.15) is 0 Å². The lowest BCUT2D eigenvalue weighted by Crippen LogP contribution is -2.30. The van der Waals surface area contributed by atoms with Crippen molar-refractivity contribution in [3.63, 3.8) is 0 Å². The van der Waals surface area contributed by atoms with Gasteiger partial charge in [0.2, 0.25) is 0 Å². The highest BCUT2D eigenvalue weighted by molar-refractivity contribution is 6.02. The number of anilines is 2. The summed E-state index contributed by atoms with van der Waals surface area (Å²) < 4.78 is 10.8.